The maximum absolute atomic E-state index is 11.4. The third kappa shape index (κ3) is 8.05. The van der Waals surface area contributed by atoms with E-state index in [0.29, 0.717) is 12.1 Å². The molecule has 0 fully saturated rings. The Balaban J connectivity index is 0.000000250. The van der Waals surface area contributed by atoms with Crippen molar-refractivity contribution in [2.24, 2.45) is 0 Å². The van der Waals surface area contributed by atoms with Crippen molar-refractivity contribution in [1.82, 2.24) is 0 Å². The number of nitrogen functional groups attached to an aromatic ring is 2. The van der Waals surface area contributed by atoms with Gasteiger partial charge in [0.1, 0.15) is 9.79 Å². The van der Waals surface area contributed by atoms with Crippen LogP contribution in [-0.4, -0.2) is 77.8 Å². The van der Waals surface area contributed by atoms with Crippen molar-refractivity contribution in [2.45, 2.75) is 29.4 Å². The van der Waals surface area contributed by atoms with Crippen molar-refractivity contribution >= 4 is 93.6 Å². The Morgan fingerprint density at radius 3 is 0.761 bits per heavy atom. The first-order chi connectivity index (χ1) is 20.4. The minimum Gasteiger partial charge on any atom is -0.398 e. The van der Waals surface area contributed by atoms with E-state index in [2.05, 4.69) is 0 Å². The van der Waals surface area contributed by atoms with Crippen LogP contribution in [0.15, 0.2) is 77.9 Å². The molecular formula is C20H18N2O18S6. The van der Waals surface area contributed by atoms with Crippen LogP contribution in [-0.2, 0) is 60.7 Å². The van der Waals surface area contributed by atoms with Crippen LogP contribution >= 0.6 is 0 Å². The predicted molar refractivity (Wildman–Crippen MR) is 156 cm³/mol. The van der Waals surface area contributed by atoms with Crippen molar-refractivity contribution in [3.05, 3.63) is 48.5 Å². The van der Waals surface area contributed by atoms with Crippen LogP contribution in [0.3, 0.4) is 0 Å². The first-order valence-electron chi connectivity index (χ1n) is 11.0. The summed E-state index contributed by atoms with van der Waals surface area (Å²) >= 11 is 0. The summed E-state index contributed by atoms with van der Waals surface area (Å²) in [7, 11) is -29.1. The Morgan fingerprint density at radius 1 is 0.348 bits per heavy atom. The lowest BCUT2D eigenvalue weighted by Crippen LogP contribution is -2.07. The molecule has 4 rings (SSSR count). The molecule has 0 spiro atoms. The van der Waals surface area contributed by atoms with Crippen LogP contribution in [0.1, 0.15) is 0 Å². The highest BCUT2D eigenvalue weighted by Crippen LogP contribution is 2.35. The molecule has 0 heterocycles. The van der Waals surface area contributed by atoms with Crippen LogP contribution in [0.25, 0.3) is 21.5 Å². The van der Waals surface area contributed by atoms with E-state index in [4.69, 9.17) is 29.7 Å². The Hall–Kier alpha value is -3.54. The molecule has 0 aliphatic heterocycles. The maximum Gasteiger partial charge on any atom is 0.295 e. The van der Waals surface area contributed by atoms with Crippen LogP contribution in [0.4, 0.5) is 11.4 Å². The summed E-state index contributed by atoms with van der Waals surface area (Å²) in [6.45, 7) is 0. The van der Waals surface area contributed by atoms with E-state index in [-0.39, 0.29) is 21.5 Å². The molecule has 0 aliphatic carbocycles. The maximum atomic E-state index is 11.4. The molecule has 4 aromatic carbocycles. The standard InChI is InChI=1S/2C10H9NO9S3/c2*11-8-3-6(21(12,13)14)1-5-2-7(22(15,16)17)4-9(10(5)8)23(18,19)20/h2*1-4H,11H2,(H,12,13,14)(H,15,16,17)(H,18,19,20). The molecule has 0 radical (unpaired) electrons. The summed E-state index contributed by atoms with van der Waals surface area (Å²) in [5.74, 6) is 0. The van der Waals surface area contributed by atoms with E-state index in [1.807, 2.05) is 0 Å². The second kappa shape index (κ2) is 11.6. The Morgan fingerprint density at radius 2 is 0.565 bits per heavy atom. The van der Waals surface area contributed by atoms with Gasteiger partial charge in [0, 0.05) is 22.1 Å². The van der Waals surface area contributed by atoms with Crippen LogP contribution in [0.2, 0.25) is 0 Å². The normalized spacial score (nSPS) is 13.3. The number of rotatable bonds is 6. The number of fused-ring (bicyclic) bond motifs is 2. The second-order valence-electron chi connectivity index (χ2n) is 8.91. The minimum atomic E-state index is -4.95. The molecule has 0 bridgehead atoms. The van der Waals surface area contributed by atoms with Gasteiger partial charge in [-0.2, -0.15) is 50.5 Å². The Labute approximate surface area is 259 Å². The fourth-order valence-electron chi connectivity index (χ4n) is 3.91. The third-order valence-electron chi connectivity index (χ3n) is 5.73. The molecule has 0 saturated heterocycles. The summed E-state index contributed by atoms with van der Waals surface area (Å²) in [6, 6.07) is 5.37. The average molecular weight is 767 g/mol. The number of benzene rings is 4. The average Bonchev–Trinajstić information content (AvgIpc) is 2.84. The van der Waals surface area contributed by atoms with Crippen molar-refractivity contribution in [2.75, 3.05) is 11.5 Å². The van der Waals surface area contributed by atoms with Gasteiger partial charge in [0.05, 0.1) is 19.6 Å². The lowest BCUT2D eigenvalue weighted by molar-refractivity contribution is 0.477. The summed E-state index contributed by atoms with van der Waals surface area (Å²) < 4.78 is 190. The van der Waals surface area contributed by atoms with Gasteiger partial charge in [0.2, 0.25) is 0 Å². The number of hydrogen-bond acceptors (Lipinski definition) is 14. The third-order valence-corrected chi connectivity index (χ3v) is 10.8. The molecule has 10 N–H and O–H groups in total. The van der Waals surface area contributed by atoms with Crippen LogP contribution in [0, 0.1) is 0 Å². The fraction of sp³-hybridized carbons (Fsp3) is 0. The van der Waals surface area contributed by atoms with Crippen molar-refractivity contribution in [3.8, 4) is 0 Å². The molecule has 4 aromatic rings. The SMILES string of the molecule is Nc1cc(S(=O)(=O)O)cc2cc(S(=O)(=O)O)cc(S(=O)(=O)O)c12.Nc1cc(S(=O)(=O)O)cc2cc(S(=O)(=O)O)cc(S(=O)(=O)O)c12. The van der Waals surface area contributed by atoms with Crippen molar-refractivity contribution in [3.63, 3.8) is 0 Å². The molecule has 252 valence electrons. The largest absolute Gasteiger partial charge is 0.398 e. The second-order valence-corrected chi connectivity index (χ2v) is 17.4. The Bertz CT molecular complexity index is 2440. The predicted octanol–water partition coefficient (Wildman–Crippen LogP) is 0.324. The zero-order chi connectivity index (χ0) is 35.6. The molecule has 20 nitrogen and oxygen atoms in total. The van der Waals surface area contributed by atoms with Gasteiger partial charge in [-0.05, 0) is 59.3 Å². The molecular weight excluding hydrogens is 749 g/mol. The molecule has 26 heteroatoms. The van der Waals surface area contributed by atoms with Gasteiger partial charge in [0.15, 0.2) is 0 Å². The van der Waals surface area contributed by atoms with Gasteiger partial charge < -0.3 is 11.5 Å². The fourth-order valence-corrected chi connectivity index (χ4v) is 7.79. The monoisotopic (exact) mass is 766 g/mol. The van der Waals surface area contributed by atoms with Crippen molar-refractivity contribution in [1.29, 1.82) is 0 Å². The highest BCUT2D eigenvalue weighted by atomic mass is 32.2. The zero-order valence-electron chi connectivity index (χ0n) is 21.8. The number of nitrogens with two attached hydrogens (primary N) is 2. The summed E-state index contributed by atoms with van der Waals surface area (Å²) in [4.78, 5) is -5.16. The zero-order valence-corrected chi connectivity index (χ0v) is 26.7. The summed E-state index contributed by atoms with van der Waals surface area (Å²) in [5, 5.41) is -1.43. The van der Waals surface area contributed by atoms with E-state index in [0.717, 1.165) is 36.4 Å². The smallest absolute Gasteiger partial charge is 0.295 e. The summed E-state index contributed by atoms with van der Waals surface area (Å²) in [6.07, 6.45) is 0. The molecule has 0 atom stereocenters. The lowest BCUT2D eigenvalue weighted by atomic mass is 10.1. The topological polar surface area (TPSA) is 378 Å². The van der Waals surface area contributed by atoms with Gasteiger partial charge in [-0.15, -0.1) is 0 Å². The molecule has 0 aliphatic rings. The van der Waals surface area contributed by atoms with Gasteiger partial charge in [0.25, 0.3) is 60.7 Å². The lowest BCUT2D eigenvalue weighted by Gasteiger charge is -2.10. The van der Waals surface area contributed by atoms with Crippen LogP contribution < -0.4 is 11.5 Å². The van der Waals surface area contributed by atoms with E-state index in [1.165, 1.54) is 0 Å². The number of anilines is 2. The van der Waals surface area contributed by atoms with Gasteiger partial charge >= 0.3 is 0 Å². The van der Waals surface area contributed by atoms with E-state index in [9.17, 15) is 59.6 Å². The molecule has 0 aromatic heterocycles. The minimum absolute atomic E-state index is 0.347. The Kier molecular flexibility index (Phi) is 9.32. The summed E-state index contributed by atoms with van der Waals surface area (Å²) in [5.41, 5.74) is 10.2. The van der Waals surface area contributed by atoms with E-state index >= 15 is 0 Å². The molecule has 46 heavy (non-hydrogen) atoms. The van der Waals surface area contributed by atoms with Crippen molar-refractivity contribution < 1.29 is 77.8 Å². The molecule has 0 saturated carbocycles. The van der Waals surface area contributed by atoms with Gasteiger partial charge in [-0.3, -0.25) is 27.3 Å². The molecule has 0 unspecified atom stereocenters. The first kappa shape index (κ1) is 36.9. The number of hydrogen-bond donors (Lipinski definition) is 8. The van der Waals surface area contributed by atoms with Crippen LogP contribution in [0.5, 0.6) is 0 Å². The highest BCUT2D eigenvalue weighted by Gasteiger charge is 2.25. The van der Waals surface area contributed by atoms with E-state index < -0.39 is 101 Å². The van der Waals surface area contributed by atoms with Gasteiger partial charge in [-0.25, -0.2) is 0 Å². The quantitative estimate of drug-likeness (QED) is 0.0967. The van der Waals surface area contributed by atoms with Gasteiger partial charge in [-0.1, -0.05) is 0 Å². The first-order valence-corrected chi connectivity index (χ1v) is 19.7. The molecule has 0 amide bonds. The van der Waals surface area contributed by atoms with E-state index in [1.54, 1.807) is 0 Å². The highest BCUT2D eigenvalue weighted by molar-refractivity contribution is 7.87.